The molecule has 0 saturated heterocycles. The van der Waals surface area contributed by atoms with Crippen molar-refractivity contribution in [3.05, 3.63) is 0 Å². The van der Waals surface area contributed by atoms with Crippen molar-refractivity contribution in [2.24, 2.45) is 0 Å². The van der Waals surface area contributed by atoms with Crippen molar-refractivity contribution in [1.29, 1.82) is 0 Å². The van der Waals surface area contributed by atoms with Crippen LogP contribution in [0.15, 0.2) is 0 Å². The minimum absolute atomic E-state index is 0.112. The van der Waals surface area contributed by atoms with E-state index in [9.17, 15) is 0 Å². The summed E-state index contributed by atoms with van der Waals surface area (Å²) in [5.74, 6) is 0. The van der Waals surface area contributed by atoms with Gasteiger partial charge in [-0.15, -0.1) is 0 Å². The highest BCUT2D eigenvalue weighted by Crippen LogP contribution is 2.20. The zero-order chi connectivity index (χ0) is 8.59. The van der Waals surface area contributed by atoms with Gasteiger partial charge in [0.15, 0.2) is 0 Å². The van der Waals surface area contributed by atoms with Gasteiger partial charge >= 0.3 is 0 Å². The molecule has 1 aliphatic rings. The molecule has 0 aliphatic heterocycles. The second-order valence-electron chi connectivity index (χ2n) is 2.84. The molecule has 5 N–H and O–H groups in total. The zero-order valence-electron chi connectivity index (χ0n) is 5.83. The summed E-state index contributed by atoms with van der Waals surface area (Å²) >= 11 is 0. The average molecular weight is 164 g/mol. The summed E-state index contributed by atoms with van der Waals surface area (Å²) in [7, 11) is 0. The molecule has 5 atom stereocenters. The lowest BCUT2D eigenvalue weighted by Gasteiger charge is -2.35. The van der Waals surface area contributed by atoms with Crippen LogP contribution >= 0.6 is 0 Å². The lowest BCUT2D eigenvalue weighted by molar-refractivity contribution is -0.176. The van der Waals surface area contributed by atoms with Crippen molar-refractivity contribution >= 4 is 0 Å². The quantitative estimate of drug-likeness (QED) is 0.266. The highest BCUT2D eigenvalue weighted by atomic mass is 16.4. The van der Waals surface area contributed by atoms with Gasteiger partial charge in [0.05, 0.1) is 12.2 Å². The molecule has 5 heteroatoms. The Kier molecular flexibility index (Phi) is 2.46. The van der Waals surface area contributed by atoms with Crippen LogP contribution in [0.5, 0.6) is 0 Å². The van der Waals surface area contributed by atoms with Crippen LogP contribution in [0.25, 0.3) is 0 Å². The van der Waals surface area contributed by atoms with Crippen LogP contribution in [0.4, 0.5) is 0 Å². The first-order chi connectivity index (χ1) is 5.04. The predicted octanol–water partition coefficient (Wildman–Crippen LogP) is -2.81. The van der Waals surface area contributed by atoms with Crippen LogP contribution in [-0.4, -0.2) is 56.1 Å². The van der Waals surface area contributed by atoms with Gasteiger partial charge in [0.1, 0.15) is 18.3 Å². The molecule has 0 bridgehead atoms. The Labute approximate surface area is 63.5 Å². The van der Waals surface area contributed by atoms with Crippen LogP contribution in [0.1, 0.15) is 6.42 Å². The molecular weight excluding hydrogens is 152 g/mol. The number of aliphatic hydroxyl groups is 5. The first kappa shape index (κ1) is 8.89. The van der Waals surface area contributed by atoms with Crippen LogP contribution in [0.3, 0.4) is 0 Å². The Hall–Kier alpha value is -0.200. The Morgan fingerprint density at radius 3 is 1.36 bits per heavy atom. The van der Waals surface area contributed by atoms with Crippen LogP contribution in [0, 0.1) is 0 Å². The van der Waals surface area contributed by atoms with Gasteiger partial charge in [0.25, 0.3) is 0 Å². The molecule has 5 nitrogen and oxygen atoms in total. The molecule has 0 heterocycles. The van der Waals surface area contributed by atoms with Crippen LogP contribution < -0.4 is 0 Å². The molecule has 66 valence electrons. The summed E-state index contributed by atoms with van der Waals surface area (Å²) in [5.41, 5.74) is 0. The number of hydrogen-bond donors (Lipinski definition) is 5. The summed E-state index contributed by atoms with van der Waals surface area (Å²) in [4.78, 5) is 0. The molecule has 0 amide bonds. The molecule has 11 heavy (non-hydrogen) atoms. The largest absolute Gasteiger partial charge is 0.390 e. The van der Waals surface area contributed by atoms with Crippen LogP contribution in [0.2, 0.25) is 0 Å². The van der Waals surface area contributed by atoms with E-state index in [1.807, 2.05) is 0 Å². The normalized spacial score (nSPS) is 52.6. The van der Waals surface area contributed by atoms with Gasteiger partial charge in [0.2, 0.25) is 0 Å². The van der Waals surface area contributed by atoms with Crippen molar-refractivity contribution in [2.45, 2.75) is 36.9 Å². The smallest absolute Gasteiger partial charge is 0.111 e. The third kappa shape index (κ3) is 1.52. The molecule has 1 saturated carbocycles. The van der Waals surface area contributed by atoms with E-state index >= 15 is 0 Å². The Morgan fingerprint density at radius 2 is 1.00 bits per heavy atom. The Morgan fingerprint density at radius 1 is 0.636 bits per heavy atom. The Bertz CT molecular complexity index is 125. The summed E-state index contributed by atoms with van der Waals surface area (Å²) in [6.45, 7) is 0. The summed E-state index contributed by atoms with van der Waals surface area (Å²) in [6.07, 6.45) is -6.64. The van der Waals surface area contributed by atoms with E-state index in [0.717, 1.165) is 0 Å². The summed E-state index contributed by atoms with van der Waals surface area (Å²) in [5, 5.41) is 44.8. The molecule has 1 aliphatic carbocycles. The van der Waals surface area contributed by atoms with E-state index in [-0.39, 0.29) is 6.42 Å². The maximum absolute atomic E-state index is 8.97. The van der Waals surface area contributed by atoms with Gasteiger partial charge in [-0.1, -0.05) is 0 Å². The second-order valence-corrected chi connectivity index (χ2v) is 2.84. The third-order valence-corrected chi connectivity index (χ3v) is 1.97. The first-order valence-corrected chi connectivity index (χ1v) is 3.44. The van der Waals surface area contributed by atoms with Crippen molar-refractivity contribution in [3.8, 4) is 0 Å². The second kappa shape index (κ2) is 3.04. The predicted molar refractivity (Wildman–Crippen MR) is 34.7 cm³/mol. The molecule has 0 aromatic rings. The van der Waals surface area contributed by atoms with Crippen molar-refractivity contribution in [2.75, 3.05) is 0 Å². The SMILES string of the molecule is OC1C[C@@H](O)C(O)C(O)[C@H]1O. The Balaban J connectivity index is 2.63. The highest BCUT2D eigenvalue weighted by molar-refractivity contribution is 4.92. The summed E-state index contributed by atoms with van der Waals surface area (Å²) in [6, 6.07) is 0. The maximum atomic E-state index is 8.97. The van der Waals surface area contributed by atoms with Gasteiger partial charge < -0.3 is 25.5 Å². The van der Waals surface area contributed by atoms with E-state index in [0.29, 0.717) is 0 Å². The fourth-order valence-corrected chi connectivity index (χ4v) is 1.18. The maximum Gasteiger partial charge on any atom is 0.111 e. The van der Waals surface area contributed by atoms with Crippen molar-refractivity contribution < 1.29 is 25.5 Å². The first-order valence-electron chi connectivity index (χ1n) is 3.44. The molecule has 3 unspecified atom stereocenters. The van der Waals surface area contributed by atoms with Gasteiger partial charge in [-0.2, -0.15) is 0 Å². The number of hydrogen-bond acceptors (Lipinski definition) is 5. The van der Waals surface area contributed by atoms with Crippen LogP contribution in [-0.2, 0) is 0 Å². The minimum atomic E-state index is -1.46. The fourth-order valence-electron chi connectivity index (χ4n) is 1.18. The lowest BCUT2D eigenvalue weighted by atomic mass is 9.87. The number of aliphatic hydroxyl groups excluding tert-OH is 5. The molecule has 0 radical (unpaired) electrons. The lowest BCUT2D eigenvalue weighted by Crippen LogP contribution is -2.55. The molecule has 0 aromatic carbocycles. The monoisotopic (exact) mass is 164 g/mol. The molecule has 0 aromatic heterocycles. The van der Waals surface area contributed by atoms with Gasteiger partial charge in [-0.3, -0.25) is 0 Å². The van der Waals surface area contributed by atoms with Gasteiger partial charge in [-0.25, -0.2) is 0 Å². The van der Waals surface area contributed by atoms with E-state index < -0.39 is 30.5 Å². The molecule has 0 spiro atoms. The van der Waals surface area contributed by atoms with E-state index in [1.165, 1.54) is 0 Å². The number of rotatable bonds is 0. The topological polar surface area (TPSA) is 101 Å². The van der Waals surface area contributed by atoms with Gasteiger partial charge in [0, 0.05) is 6.42 Å². The third-order valence-electron chi connectivity index (χ3n) is 1.97. The van der Waals surface area contributed by atoms with Crippen molar-refractivity contribution in [1.82, 2.24) is 0 Å². The zero-order valence-corrected chi connectivity index (χ0v) is 5.83. The fraction of sp³-hybridized carbons (Fsp3) is 1.00. The van der Waals surface area contributed by atoms with Crippen molar-refractivity contribution in [3.63, 3.8) is 0 Å². The summed E-state index contributed by atoms with van der Waals surface area (Å²) < 4.78 is 0. The van der Waals surface area contributed by atoms with Gasteiger partial charge in [-0.05, 0) is 0 Å². The molecule has 1 fully saturated rings. The molecular formula is C6H12O5. The minimum Gasteiger partial charge on any atom is -0.390 e. The standard InChI is InChI=1S/C6H12O5/c7-2-1-3(8)5(10)6(11)4(2)9/h2-11H,1H2/t2-,3?,4?,5+,6?/m1/s1. The molecule has 1 rings (SSSR count). The average Bonchev–Trinajstić information content (AvgIpc) is 1.97. The highest BCUT2D eigenvalue weighted by Gasteiger charge is 2.40. The van der Waals surface area contributed by atoms with E-state index in [4.69, 9.17) is 25.5 Å². The van der Waals surface area contributed by atoms with E-state index in [2.05, 4.69) is 0 Å². The van der Waals surface area contributed by atoms with E-state index in [1.54, 1.807) is 0 Å².